The Morgan fingerprint density at radius 3 is 2.67 bits per heavy atom. The highest BCUT2D eigenvalue weighted by Gasteiger charge is 2.02. The molecule has 0 radical (unpaired) electrons. The quantitative estimate of drug-likeness (QED) is 0.884. The highest BCUT2D eigenvalue weighted by Crippen LogP contribution is 2.16. The van der Waals surface area contributed by atoms with Crippen LogP contribution in [0.1, 0.15) is 20.8 Å². The van der Waals surface area contributed by atoms with Gasteiger partial charge in [0.05, 0.1) is 11.1 Å². The fraction of sp³-hybridized carbons (Fsp3) is 0.0769. The average Bonchev–Trinajstić information content (AvgIpc) is 2.85. The predicted molar refractivity (Wildman–Crippen MR) is 69.8 cm³/mol. The number of hydrogen-bond donors (Lipinski definition) is 2. The van der Waals surface area contributed by atoms with Gasteiger partial charge in [0.15, 0.2) is 0 Å². The summed E-state index contributed by atoms with van der Waals surface area (Å²) in [5.41, 5.74) is 1.79. The van der Waals surface area contributed by atoms with Crippen LogP contribution in [-0.2, 0) is 6.54 Å². The Morgan fingerprint density at radius 2 is 2.11 bits per heavy atom. The standard InChI is InChI=1S/C13H10N2O2S/c14-6-9-5-12(18-8-9)7-15-11-3-1-10(2-4-11)13(16)17/h1-5,8,15H,7H2,(H,16,17). The molecular formula is C13H10N2O2S. The van der Waals surface area contributed by atoms with Gasteiger partial charge in [-0.25, -0.2) is 4.79 Å². The Balaban J connectivity index is 1.98. The van der Waals surface area contributed by atoms with Crippen molar-refractivity contribution >= 4 is 23.0 Å². The third-order valence-corrected chi connectivity index (χ3v) is 3.32. The molecule has 0 atom stereocenters. The summed E-state index contributed by atoms with van der Waals surface area (Å²) in [6, 6.07) is 10.5. The number of benzene rings is 1. The maximum absolute atomic E-state index is 10.7. The average molecular weight is 258 g/mol. The number of carboxylic acids is 1. The van der Waals surface area contributed by atoms with Crippen LogP contribution in [0.15, 0.2) is 35.7 Å². The van der Waals surface area contributed by atoms with Crippen LogP contribution in [-0.4, -0.2) is 11.1 Å². The van der Waals surface area contributed by atoms with E-state index in [4.69, 9.17) is 10.4 Å². The lowest BCUT2D eigenvalue weighted by molar-refractivity contribution is 0.0697. The summed E-state index contributed by atoms with van der Waals surface area (Å²) in [6.45, 7) is 0.624. The molecule has 2 N–H and O–H groups in total. The molecule has 0 aliphatic heterocycles. The van der Waals surface area contributed by atoms with Crippen LogP contribution in [0.3, 0.4) is 0 Å². The Hall–Kier alpha value is -2.32. The summed E-state index contributed by atoms with van der Waals surface area (Å²) in [5.74, 6) is -0.932. The van der Waals surface area contributed by atoms with Crippen molar-refractivity contribution in [3.05, 3.63) is 51.7 Å². The minimum atomic E-state index is -0.932. The van der Waals surface area contributed by atoms with Gasteiger partial charge in [0.1, 0.15) is 6.07 Å². The monoisotopic (exact) mass is 258 g/mol. The Kier molecular flexibility index (Phi) is 3.60. The SMILES string of the molecule is N#Cc1csc(CNc2ccc(C(=O)O)cc2)c1. The van der Waals surface area contributed by atoms with Crippen LogP contribution in [0, 0.1) is 11.3 Å². The first-order chi connectivity index (χ1) is 8.69. The molecule has 0 aliphatic rings. The maximum atomic E-state index is 10.7. The Bertz CT molecular complexity index is 596. The van der Waals surface area contributed by atoms with Crippen molar-refractivity contribution in [2.75, 3.05) is 5.32 Å². The molecule has 1 heterocycles. The molecule has 5 heteroatoms. The summed E-state index contributed by atoms with van der Waals surface area (Å²) in [7, 11) is 0. The first-order valence-electron chi connectivity index (χ1n) is 5.24. The Labute approximate surface area is 108 Å². The second-order valence-corrected chi connectivity index (χ2v) is 4.65. The highest BCUT2D eigenvalue weighted by molar-refractivity contribution is 7.10. The third-order valence-electron chi connectivity index (χ3n) is 2.38. The largest absolute Gasteiger partial charge is 0.478 e. The van der Waals surface area contributed by atoms with E-state index >= 15 is 0 Å². The number of carboxylic acid groups (broad SMARTS) is 1. The predicted octanol–water partition coefficient (Wildman–Crippen LogP) is 2.93. The topological polar surface area (TPSA) is 73.1 Å². The molecule has 1 aromatic heterocycles. The molecule has 0 fully saturated rings. The summed E-state index contributed by atoms with van der Waals surface area (Å²) in [4.78, 5) is 11.7. The van der Waals surface area contributed by atoms with Crippen LogP contribution in [0.25, 0.3) is 0 Å². The van der Waals surface area contributed by atoms with Crippen LogP contribution in [0.4, 0.5) is 5.69 Å². The van der Waals surface area contributed by atoms with E-state index in [-0.39, 0.29) is 5.56 Å². The van der Waals surface area contributed by atoms with E-state index in [1.165, 1.54) is 11.3 Å². The number of carbonyl (C=O) groups is 1. The number of hydrogen-bond acceptors (Lipinski definition) is 4. The summed E-state index contributed by atoms with van der Waals surface area (Å²) in [5, 5.41) is 22.4. The fourth-order valence-electron chi connectivity index (χ4n) is 1.45. The third kappa shape index (κ3) is 2.87. The van der Waals surface area contributed by atoms with Gasteiger partial charge in [-0.05, 0) is 30.3 Å². The van der Waals surface area contributed by atoms with E-state index in [9.17, 15) is 4.79 Å². The van der Waals surface area contributed by atoms with E-state index in [1.54, 1.807) is 24.3 Å². The number of thiophene rings is 1. The number of nitriles is 1. The molecule has 2 rings (SSSR count). The second kappa shape index (κ2) is 5.34. The van der Waals surface area contributed by atoms with E-state index in [0.717, 1.165) is 10.6 Å². The van der Waals surface area contributed by atoms with Crippen LogP contribution >= 0.6 is 11.3 Å². The molecule has 0 saturated heterocycles. The molecule has 0 aliphatic carbocycles. The minimum Gasteiger partial charge on any atom is -0.478 e. The molecule has 2 aromatic rings. The normalized spacial score (nSPS) is 9.72. The van der Waals surface area contributed by atoms with Crippen molar-refractivity contribution in [3.8, 4) is 6.07 Å². The maximum Gasteiger partial charge on any atom is 0.335 e. The van der Waals surface area contributed by atoms with Gasteiger partial charge in [-0.15, -0.1) is 11.3 Å². The molecule has 90 valence electrons. The molecule has 0 amide bonds. The van der Waals surface area contributed by atoms with Gasteiger partial charge >= 0.3 is 5.97 Å². The van der Waals surface area contributed by atoms with Gasteiger partial charge in [-0.1, -0.05) is 0 Å². The van der Waals surface area contributed by atoms with Gasteiger partial charge < -0.3 is 10.4 Å². The molecule has 0 saturated carbocycles. The number of anilines is 1. The van der Waals surface area contributed by atoms with E-state index in [1.807, 2.05) is 11.4 Å². The lowest BCUT2D eigenvalue weighted by atomic mass is 10.2. The van der Waals surface area contributed by atoms with Crippen LogP contribution in [0.5, 0.6) is 0 Å². The van der Waals surface area contributed by atoms with Gasteiger partial charge in [0, 0.05) is 22.5 Å². The summed E-state index contributed by atoms with van der Waals surface area (Å²) >= 11 is 1.52. The first-order valence-corrected chi connectivity index (χ1v) is 6.12. The second-order valence-electron chi connectivity index (χ2n) is 3.65. The van der Waals surface area contributed by atoms with Gasteiger partial charge in [-0.3, -0.25) is 0 Å². The first kappa shape index (κ1) is 12.1. The summed E-state index contributed by atoms with van der Waals surface area (Å²) in [6.07, 6.45) is 0. The van der Waals surface area contributed by atoms with Gasteiger partial charge in [0.25, 0.3) is 0 Å². The molecule has 1 aromatic carbocycles. The van der Waals surface area contributed by atoms with Crippen LogP contribution in [0.2, 0.25) is 0 Å². The molecular weight excluding hydrogens is 248 g/mol. The highest BCUT2D eigenvalue weighted by atomic mass is 32.1. The van der Waals surface area contributed by atoms with E-state index < -0.39 is 5.97 Å². The van der Waals surface area contributed by atoms with E-state index in [0.29, 0.717) is 12.1 Å². The number of aromatic carboxylic acids is 1. The minimum absolute atomic E-state index is 0.267. The Morgan fingerprint density at radius 1 is 1.39 bits per heavy atom. The van der Waals surface area contributed by atoms with Crippen molar-refractivity contribution in [1.82, 2.24) is 0 Å². The lowest BCUT2D eigenvalue weighted by Crippen LogP contribution is -1.99. The van der Waals surface area contributed by atoms with Crippen molar-refractivity contribution in [1.29, 1.82) is 5.26 Å². The van der Waals surface area contributed by atoms with Crippen molar-refractivity contribution < 1.29 is 9.90 Å². The summed E-state index contributed by atoms with van der Waals surface area (Å²) < 4.78 is 0. The van der Waals surface area contributed by atoms with Gasteiger partial charge in [-0.2, -0.15) is 5.26 Å². The van der Waals surface area contributed by atoms with Gasteiger partial charge in [0.2, 0.25) is 0 Å². The zero-order valence-corrected chi connectivity index (χ0v) is 10.2. The number of nitrogens with one attached hydrogen (secondary N) is 1. The van der Waals surface area contributed by atoms with Crippen molar-refractivity contribution in [2.45, 2.75) is 6.54 Å². The van der Waals surface area contributed by atoms with Crippen LogP contribution < -0.4 is 5.32 Å². The molecule has 0 bridgehead atoms. The fourth-order valence-corrected chi connectivity index (χ4v) is 2.20. The lowest BCUT2D eigenvalue weighted by Gasteiger charge is -2.04. The molecule has 4 nitrogen and oxygen atoms in total. The molecule has 0 unspecified atom stereocenters. The van der Waals surface area contributed by atoms with Crippen molar-refractivity contribution in [2.24, 2.45) is 0 Å². The number of nitrogens with zero attached hydrogens (tertiary/aromatic N) is 1. The van der Waals surface area contributed by atoms with Crippen molar-refractivity contribution in [3.63, 3.8) is 0 Å². The molecule has 18 heavy (non-hydrogen) atoms. The smallest absolute Gasteiger partial charge is 0.335 e. The zero-order valence-electron chi connectivity index (χ0n) is 9.38. The zero-order chi connectivity index (χ0) is 13.0. The van der Waals surface area contributed by atoms with E-state index in [2.05, 4.69) is 11.4 Å². The molecule has 0 spiro atoms. The number of rotatable bonds is 4.